The van der Waals surface area contributed by atoms with Gasteiger partial charge in [0.2, 0.25) is 0 Å². The minimum absolute atomic E-state index is 0.684. The molecule has 1 atom stereocenters. The van der Waals surface area contributed by atoms with Crippen molar-refractivity contribution in [3.05, 3.63) is 0 Å². The molecular weight excluding hydrogens is 158 g/mol. The van der Waals surface area contributed by atoms with Gasteiger partial charge in [0.15, 0.2) is 0 Å². The summed E-state index contributed by atoms with van der Waals surface area (Å²) < 4.78 is 0. The Morgan fingerprint density at radius 1 is 1.00 bits per heavy atom. The van der Waals surface area contributed by atoms with Crippen LogP contribution in [0.3, 0.4) is 0 Å². The predicted molar refractivity (Wildman–Crippen MR) is 61.1 cm³/mol. The first-order valence-corrected chi connectivity index (χ1v) is 5.74. The fraction of sp³-hybridized carbons (Fsp3) is 1.00. The van der Waals surface area contributed by atoms with Crippen molar-refractivity contribution >= 4 is 0 Å². The van der Waals surface area contributed by atoms with Gasteiger partial charge in [-0.1, -0.05) is 27.2 Å². The molecule has 0 rings (SSSR count). The van der Waals surface area contributed by atoms with E-state index in [4.69, 9.17) is 0 Å². The van der Waals surface area contributed by atoms with Crippen LogP contribution in [0.2, 0.25) is 0 Å². The lowest BCUT2D eigenvalue weighted by Gasteiger charge is -2.34. The summed E-state index contributed by atoms with van der Waals surface area (Å²) in [5, 5.41) is 0. The van der Waals surface area contributed by atoms with Crippen LogP contribution in [0.15, 0.2) is 0 Å². The van der Waals surface area contributed by atoms with Crippen LogP contribution < -0.4 is 0 Å². The van der Waals surface area contributed by atoms with E-state index < -0.39 is 0 Å². The Kier molecular flexibility index (Phi) is 6.40. The van der Waals surface area contributed by atoms with Crippen LogP contribution in [0.5, 0.6) is 0 Å². The van der Waals surface area contributed by atoms with E-state index in [9.17, 15) is 0 Å². The van der Waals surface area contributed by atoms with Crippen molar-refractivity contribution in [2.75, 3.05) is 6.54 Å². The second-order valence-corrected chi connectivity index (χ2v) is 4.82. The molecule has 80 valence electrons. The molecule has 13 heavy (non-hydrogen) atoms. The molecule has 0 aromatic heterocycles. The maximum atomic E-state index is 2.62. The third-order valence-corrected chi connectivity index (χ3v) is 2.51. The maximum absolute atomic E-state index is 2.62. The highest BCUT2D eigenvalue weighted by atomic mass is 15.2. The Hall–Kier alpha value is -0.0400. The summed E-state index contributed by atoms with van der Waals surface area (Å²) in [6.45, 7) is 15.1. The first kappa shape index (κ1) is 13.0. The van der Waals surface area contributed by atoms with Crippen LogP contribution >= 0.6 is 0 Å². The third-order valence-electron chi connectivity index (χ3n) is 2.51. The third kappa shape index (κ3) is 5.30. The lowest BCUT2D eigenvalue weighted by Crippen LogP contribution is -2.41. The molecule has 0 aliphatic rings. The van der Waals surface area contributed by atoms with Gasteiger partial charge in [-0.3, -0.25) is 4.90 Å². The second-order valence-electron chi connectivity index (χ2n) is 4.82. The molecule has 0 aromatic rings. The molecule has 0 spiro atoms. The van der Waals surface area contributed by atoms with Crippen molar-refractivity contribution < 1.29 is 0 Å². The Bertz CT molecular complexity index is 118. The van der Waals surface area contributed by atoms with E-state index in [1.165, 1.54) is 19.4 Å². The Balaban J connectivity index is 4.07. The van der Waals surface area contributed by atoms with E-state index >= 15 is 0 Å². The smallest absolute Gasteiger partial charge is 0.00696 e. The Morgan fingerprint density at radius 3 is 1.85 bits per heavy atom. The molecule has 0 fully saturated rings. The Labute approximate surface area is 84.5 Å². The predicted octanol–water partition coefficient (Wildman–Crippen LogP) is 3.54. The van der Waals surface area contributed by atoms with E-state index in [1.807, 2.05) is 0 Å². The van der Waals surface area contributed by atoms with Crippen LogP contribution in [0.1, 0.15) is 54.4 Å². The highest BCUT2D eigenvalue weighted by Crippen LogP contribution is 2.12. The van der Waals surface area contributed by atoms with Crippen LogP contribution in [-0.4, -0.2) is 23.5 Å². The quantitative estimate of drug-likeness (QED) is 0.612. The SMILES string of the molecule is CCCC(C)N(CC(C)C)C(C)C. The van der Waals surface area contributed by atoms with Gasteiger partial charge in [-0.25, -0.2) is 0 Å². The summed E-state index contributed by atoms with van der Waals surface area (Å²) in [4.78, 5) is 2.62. The van der Waals surface area contributed by atoms with Gasteiger partial charge in [-0.2, -0.15) is 0 Å². The lowest BCUT2D eigenvalue weighted by atomic mass is 10.1. The van der Waals surface area contributed by atoms with Gasteiger partial charge in [0.1, 0.15) is 0 Å². The van der Waals surface area contributed by atoms with Gasteiger partial charge in [0, 0.05) is 18.6 Å². The molecule has 0 aromatic carbocycles. The Morgan fingerprint density at radius 2 is 1.54 bits per heavy atom. The second kappa shape index (κ2) is 6.42. The van der Waals surface area contributed by atoms with Gasteiger partial charge in [-0.15, -0.1) is 0 Å². The number of hydrogen-bond donors (Lipinski definition) is 0. The van der Waals surface area contributed by atoms with Crippen LogP contribution in [0, 0.1) is 5.92 Å². The van der Waals surface area contributed by atoms with Crippen molar-refractivity contribution in [2.24, 2.45) is 5.92 Å². The summed E-state index contributed by atoms with van der Waals surface area (Å²) in [5.74, 6) is 0.779. The molecule has 1 nitrogen and oxygen atoms in total. The molecule has 0 N–H and O–H groups in total. The molecule has 0 aliphatic carbocycles. The van der Waals surface area contributed by atoms with Crippen molar-refractivity contribution in [1.29, 1.82) is 0 Å². The monoisotopic (exact) mass is 185 g/mol. The highest BCUT2D eigenvalue weighted by Gasteiger charge is 2.16. The highest BCUT2D eigenvalue weighted by molar-refractivity contribution is 4.71. The van der Waals surface area contributed by atoms with Crippen molar-refractivity contribution in [3.8, 4) is 0 Å². The summed E-state index contributed by atoms with van der Waals surface area (Å²) >= 11 is 0. The fourth-order valence-electron chi connectivity index (χ4n) is 1.90. The zero-order valence-electron chi connectivity index (χ0n) is 10.3. The van der Waals surface area contributed by atoms with E-state index in [0.29, 0.717) is 6.04 Å². The average molecular weight is 185 g/mol. The molecule has 0 radical (unpaired) electrons. The standard InChI is InChI=1S/C12H27N/c1-7-8-12(6)13(11(4)5)9-10(2)3/h10-12H,7-9H2,1-6H3. The molecular formula is C12H27N. The van der Waals surface area contributed by atoms with E-state index in [0.717, 1.165) is 12.0 Å². The van der Waals surface area contributed by atoms with Crippen LogP contribution in [0.25, 0.3) is 0 Å². The minimum atomic E-state index is 0.684. The van der Waals surface area contributed by atoms with Gasteiger partial charge < -0.3 is 0 Å². The van der Waals surface area contributed by atoms with Crippen molar-refractivity contribution in [1.82, 2.24) is 4.90 Å². The average Bonchev–Trinajstić information content (AvgIpc) is 1.99. The minimum Gasteiger partial charge on any atom is -0.298 e. The molecule has 0 aliphatic heterocycles. The van der Waals surface area contributed by atoms with Gasteiger partial charge >= 0.3 is 0 Å². The maximum Gasteiger partial charge on any atom is 0.00696 e. The van der Waals surface area contributed by atoms with Crippen molar-refractivity contribution in [2.45, 2.75) is 66.5 Å². The summed E-state index contributed by atoms with van der Waals surface area (Å²) in [6, 6.07) is 1.43. The summed E-state index contributed by atoms with van der Waals surface area (Å²) in [7, 11) is 0. The van der Waals surface area contributed by atoms with Crippen LogP contribution in [0.4, 0.5) is 0 Å². The lowest BCUT2D eigenvalue weighted by molar-refractivity contribution is 0.137. The summed E-state index contributed by atoms with van der Waals surface area (Å²) in [5.41, 5.74) is 0. The molecule has 1 unspecified atom stereocenters. The van der Waals surface area contributed by atoms with E-state index in [1.54, 1.807) is 0 Å². The zero-order chi connectivity index (χ0) is 10.4. The molecule has 0 amide bonds. The molecule has 1 heteroatoms. The van der Waals surface area contributed by atoms with E-state index in [2.05, 4.69) is 46.4 Å². The number of rotatable bonds is 6. The largest absolute Gasteiger partial charge is 0.298 e. The molecule has 0 saturated carbocycles. The van der Waals surface area contributed by atoms with E-state index in [-0.39, 0.29) is 0 Å². The van der Waals surface area contributed by atoms with Crippen LogP contribution in [-0.2, 0) is 0 Å². The van der Waals surface area contributed by atoms with Gasteiger partial charge in [0.05, 0.1) is 0 Å². The first-order valence-electron chi connectivity index (χ1n) is 5.74. The molecule has 0 saturated heterocycles. The fourth-order valence-corrected chi connectivity index (χ4v) is 1.90. The van der Waals surface area contributed by atoms with Gasteiger partial charge in [0.25, 0.3) is 0 Å². The summed E-state index contributed by atoms with van der Waals surface area (Å²) in [6.07, 6.45) is 2.62. The van der Waals surface area contributed by atoms with Gasteiger partial charge in [-0.05, 0) is 33.1 Å². The first-order chi connectivity index (χ1) is 5.99. The topological polar surface area (TPSA) is 3.24 Å². The number of hydrogen-bond acceptors (Lipinski definition) is 1. The zero-order valence-corrected chi connectivity index (χ0v) is 10.3. The number of nitrogens with zero attached hydrogens (tertiary/aromatic N) is 1. The van der Waals surface area contributed by atoms with Crippen molar-refractivity contribution in [3.63, 3.8) is 0 Å². The molecule has 0 bridgehead atoms. The normalized spacial score (nSPS) is 14.5. The molecule has 0 heterocycles.